The van der Waals surface area contributed by atoms with Crippen molar-refractivity contribution in [2.75, 3.05) is 19.3 Å². The van der Waals surface area contributed by atoms with E-state index in [0.29, 0.717) is 5.75 Å². The first-order valence-corrected chi connectivity index (χ1v) is 9.81. The van der Waals surface area contributed by atoms with Gasteiger partial charge in [0.2, 0.25) is 0 Å². The number of benzene rings is 3. The lowest BCUT2D eigenvalue weighted by atomic mass is 9.99. The average molecular weight is 349 g/mol. The highest BCUT2D eigenvalue weighted by molar-refractivity contribution is 7.85. The van der Waals surface area contributed by atoms with E-state index in [1.807, 2.05) is 36.4 Å². The van der Waals surface area contributed by atoms with Crippen LogP contribution in [0.2, 0.25) is 0 Å². The van der Waals surface area contributed by atoms with Crippen LogP contribution in [0.4, 0.5) is 0 Å². The highest BCUT2D eigenvalue weighted by Gasteiger charge is 2.09. The van der Waals surface area contributed by atoms with Gasteiger partial charge in [-0.1, -0.05) is 72.8 Å². The Bertz CT molecular complexity index is 818. The summed E-state index contributed by atoms with van der Waals surface area (Å²) in [6.07, 6.45) is 0. The van der Waals surface area contributed by atoms with Crippen molar-refractivity contribution in [1.29, 1.82) is 0 Å². The molecule has 1 atom stereocenters. The van der Waals surface area contributed by atoms with Crippen molar-refractivity contribution in [3.63, 3.8) is 0 Å². The molecule has 0 bridgehead atoms. The quantitative estimate of drug-likeness (QED) is 0.622. The molecule has 0 aromatic heterocycles. The first kappa shape index (κ1) is 17.6. The summed E-state index contributed by atoms with van der Waals surface area (Å²) in [5, 5.41) is 0. The van der Waals surface area contributed by atoms with Gasteiger partial charge in [-0.3, -0.25) is 4.21 Å². The lowest BCUT2D eigenvalue weighted by molar-refractivity contribution is 0.348. The third-order valence-corrected chi connectivity index (χ3v) is 5.56. The van der Waals surface area contributed by atoms with E-state index in [1.165, 1.54) is 16.7 Å². The maximum Gasteiger partial charge on any atom is 0.0542 e. The maximum absolute atomic E-state index is 12.4. The Morgan fingerprint density at radius 1 is 0.800 bits per heavy atom. The summed E-state index contributed by atoms with van der Waals surface area (Å²) in [7, 11) is 1.14. The molecule has 0 saturated carbocycles. The van der Waals surface area contributed by atoms with Crippen LogP contribution in [0, 0.1) is 0 Å². The molecule has 0 aliphatic rings. The molecule has 0 spiro atoms. The van der Waals surface area contributed by atoms with E-state index in [2.05, 4.69) is 60.5 Å². The number of nitrogens with zero attached hydrogens (tertiary/aromatic N) is 1. The van der Waals surface area contributed by atoms with Crippen molar-refractivity contribution in [1.82, 2.24) is 4.90 Å². The van der Waals surface area contributed by atoms with Crippen LogP contribution in [0.1, 0.15) is 5.56 Å². The second-order valence-electron chi connectivity index (χ2n) is 6.12. The fraction of sp³-hybridized carbons (Fsp3) is 0.182. The topological polar surface area (TPSA) is 20.3 Å². The zero-order valence-corrected chi connectivity index (χ0v) is 15.3. The highest BCUT2D eigenvalue weighted by atomic mass is 32.2. The van der Waals surface area contributed by atoms with Crippen LogP contribution in [0.15, 0.2) is 89.8 Å². The Morgan fingerprint density at radius 3 is 2.12 bits per heavy atom. The van der Waals surface area contributed by atoms with Crippen LogP contribution in [0.3, 0.4) is 0 Å². The van der Waals surface area contributed by atoms with E-state index in [4.69, 9.17) is 0 Å². The zero-order chi connectivity index (χ0) is 17.5. The molecule has 3 aromatic rings. The van der Waals surface area contributed by atoms with Crippen LogP contribution < -0.4 is 0 Å². The normalized spacial score (nSPS) is 12.2. The summed E-state index contributed by atoms with van der Waals surface area (Å²) >= 11 is 0. The molecule has 0 fully saturated rings. The van der Waals surface area contributed by atoms with E-state index < -0.39 is 10.8 Å². The van der Waals surface area contributed by atoms with Crippen molar-refractivity contribution in [3.05, 3.63) is 90.5 Å². The first-order chi connectivity index (χ1) is 12.2. The highest BCUT2D eigenvalue weighted by Crippen LogP contribution is 2.24. The van der Waals surface area contributed by atoms with Gasteiger partial charge in [0.25, 0.3) is 0 Å². The Labute approximate surface area is 152 Å². The molecule has 3 heteroatoms. The Kier molecular flexibility index (Phi) is 6.15. The van der Waals surface area contributed by atoms with Crippen LogP contribution in [0.5, 0.6) is 0 Å². The molecule has 0 aliphatic heterocycles. The van der Waals surface area contributed by atoms with Gasteiger partial charge in [0.05, 0.1) is 10.8 Å². The smallest absolute Gasteiger partial charge is 0.0542 e. The molecule has 128 valence electrons. The monoisotopic (exact) mass is 349 g/mol. The maximum atomic E-state index is 12.4. The van der Waals surface area contributed by atoms with Crippen LogP contribution in [-0.2, 0) is 17.3 Å². The van der Waals surface area contributed by atoms with Crippen molar-refractivity contribution in [3.8, 4) is 11.1 Å². The summed E-state index contributed by atoms with van der Waals surface area (Å²) in [6, 6.07) is 28.7. The lowest BCUT2D eigenvalue weighted by Gasteiger charge is -2.19. The van der Waals surface area contributed by atoms with E-state index in [9.17, 15) is 4.21 Å². The number of hydrogen-bond acceptors (Lipinski definition) is 2. The minimum atomic E-state index is -0.945. The molecule has 0 radical (unpaired) electrons. The zero-order valence-electron chi connectivity index (χ0n) is 14.5. The third-order valence-electron chi connectivity index (χ3n) is 4.21. The van der Waals surface area contributed by atoms with Gasteiger partial charge in [0.1, 0.15) is 0 Å². The molecule has 0 N–H and O–H groups in total. The van der Waals surface area contributed by atoms with E-state index in [1.54, 1.807) is 0 Å². The summed E-state index contributed by atoms with van der Waals surface area (Å²) in [6.45, 7) is 1.64. The first-order valence-electron chi connectivity index (χ1n) is 8.49. The second kappa shape index (κ2) is 8.75. The third kappa shape index (κ3) is 4.88. The molecule has 0 heterocycles. The fourth-order valence-corrected chi connectivity index (χ4v) is 4.03. The van der Waals surface area contributed by atoms with Crippen molar-refractivity contribution in [2.45, 2.75) is 11.4 Å². The fourth-order valence-electron chi connectivity index (χ4n) is 2.86. The van der Waals surface area contributed by atoms with Gasteiger partial charge >= 0.3 is 0 Å². The van der Waals surface area contributed by atoms with Crippen molar-refractivity contribution < 1.29 is 4.21 Å². The Morgan fingerprint density at radius 2 is 1.40 bits per heavy atom. The molecule has 0 amide bonds. The molecular weight excluding hydrogens is 326 g/mol. The Hall–Kier alpha value is -2.23. The number of rotatable bonds is 7. The van der Waals surface area contributed by atoms with Crippen LogP contribution in [-0.4, -0.2) is 28.5 Å². The standard InChI is InChI=1S/C22H23NOS/c1-23(16-17-25(24)21-13-6-3-7-14-21)18-20-12-8-9-15-22(20)19-10-4-2-5-11-19/h2-15H,16-18H2,1H3. The van der Waals surface area contributed by atoms with Crippen molar-refractivity contribution >= 4 is 10.8 Å². The van der Waals surface area contributed by atoms with Crippen LogP contribution in [0.25, 0.3) is 11.1 Å². The van der Waals surface area contributed by atoms with E-state index >= 15 is 0 Å². The van der Waals surface area contributed by atoms with Gasteiger partial charge in [-0.2, -0.15) is 0 Å². The minimum absolute atomic E-state index is 0.647. The Balaban J connectivity index is 1.64. The van der Waals surface area contributed by atoms with Gasteiger partial charge in [-0.25, -0.2) is 0 Å². The molecule has 0 saturated heterocycles. The summed E-state index contributed by atoms with van der Waals surface area (Å²) in [5.41, 5.74) is 3.79. The molecule has 2 nitrogen and oxygen atoms in total. The minimum Gasteiger partial charge on any atom is -0.301 e. The molecule has 25 heavy (non-hydrogen) atoms. The SMILES string of the molecule is CN(CCS(=O)c1ccccc1)Cc1ccccc1-c1ccccc1. The largest absolute Gasteiger partial charge is 0.301 e. The summed E-state index contributed by atoms with van der Waals surface area (Å²) in [5.74, 6) is 0.647. The average Bonchev–Trinajstić information content (AvgIpc) is 2.68. The van der Waals surface area contributed by atoms with E-state index in [-0.39, 0.29) is 0 Å². The van der Waals surface area contributed by atoms with Gasteiger partial charge in [0, 0.05) is 23.7 Å². The van der Waals surface area contributed by atoms with Gasteiger partial charge in [0.15, 0.2) is 0 Å². The molecule has 3 rings (SSSR count). The van der Waals surface area contributed by atoms with E-state index in [0.717, 1.165) is 18.0 Å². The predicted molar refractivity (Wildman–Crippen MR) is 106 cm³/mol. The van der Waals surface area contributed by atoms with Crippen LogP contribution >= 0.6 is 0 Å². The molecule has 3 aromatic carbocycles. The number of hydrogen-bond donors (Lipinski definition) is 0. The second-order valence-corrected chi connectivity index (χ2v) is 7.69. The summed E-state index contributed by atoms with van der Waals surface area (Å²) in [4.78, 5) is 3.14. The van der Waals surface area contributed by atoms with Crippen molar-refractivity contribution in [2.24, 2.45) is 0 Å². The molecular formula is C22H23NOS. The van der Waals surface area contributed by atoms with Gasteiger partial charge in [-0.05, 0) is 35.9 Å². The predicted octanol–water partition coefficient (Wildman–Crippen LogP) is 4.59. The molecule has 1 unspecified atom stereocenters. The van der Waals surface area contributed by atoms with Gasteiger partial charge < -0.3 is 4.90 Å². The lowest BCUT2D eigenvalue weighted by Crippen LogP contribution is -2.23. The summed E-state index contributed by atoms with van der Waals surface area (Å²) < 4.78 is 12.4. The van der Waals surface area contributed by atoms with Gasteiger partial charge in [-0.15, -0.1) is 0 Å². The molecule has 0 aliphatic carbocycles.